The third kappa shape index (κ3) is 2.14. The molecule has 2 aromatic rings. The van der Waals surface area contributed by atoms with Crippen LogP contribution in [0.3, 0.4) is 0 Å². The number of aliphatic imine (C=N–C) groups is 1. The van der Waals surface area contributed by atoms with Crippen molar-refractivity contribution in [2.24, 2.45) is 12.0 Å². The highest BCUT2D eigenvalue weighted by molar-refractivity contribution is 6.90. The molecule has 4 nitrogen and oxygen atoms in total. The average molecular weight is 287 g/mol. The van der Waals surface area contributed by atoms with Crippen LogP contribution < -0.4 is 0 Å². The molecular weight excluding hydrogens is 275 g/mol. The van der Waals surface area contributed by atoms with E-state index in [2.05, 4.69) is 9.98 Å². The van der Waals surface area contributed by atoms with Crippen LogP contribution in [0.2, 0.25) is 0 Å². The Bertz CT molecular complexity index is 781. The largest absolute Gasteiger partial charge is 0.591 e. The standard InChI is InChI=1S/C14H12BF2N3O/c1-8-18-12(14(21)20(8)2)7-10-9-5-3-4-6-11(9)19-13(10)15(16)17/h3-7,21H,1-2H3/b10-7+. The van der Waals surface area contributed by atoms with Gasteiger partial charge < -0.3 is 9.67 Å². The van der Waals surface area contributed by atoms with Gasteiger partial charge in [-0.3, -0.25) is 13.6 Å². The van der Waals surface area contributed by atoms with Crippen molar-refractivity contribution in [2.45, 2.75) is 6.92 Å². The number of aromatic nitrogens is 2. The summed E-state index contributed by atoms with van der Waals surface area (Å²) in [4.78, 5) is 8.15. The fourth-order valence-electron chi connectivity index (χ4n) is 2.30. The quantitative estimate of drug-likeness (QED) is 0.863. The maximum atomic E-state index is 13.2. The monoisotopic (exact) mass is 287 g/mol. The van der Waals surface area contributed by atoms with Crippen LogP contribution in [-0.4, -0.2) is 27.5 Å². The van der Waals surface area contributed by atoms with Crippen LogP contribution in [0.1, 0.15) is 17.1 Å². The first kappa shape index (κ1) is 13.5. The Kier molecular flexibility index (Phi) is 3.12. The van der Waals surface area contributed by atoms with Crippen molar-refractivity contribution in [3.63, 3.8) is 0 Å². The van der Waals surface area contributed by atoms with Crippen LogP contribution in [-0.2, 0) is 7.05 Å². The summed E-state index contributed by atoms with van der Waals surface area (Å²) >= 11 is 0. The van der Waals surface area contributed by atoms with Gasteiger partial charge in [0.25, 0.3) is 0 Å². The molecule has 1 aliphatic rings. The van der Waals surface area contributed by atoms with Crippen molar-refractivity contribution in [1.29, 1.82) is 0 Å². The molecule has 7 heteroatoms. The van der Waals surface area contributed by atoms with Crippen molar-refractivity contribution < 1.29 is 13.7 Å². The molecule has 0 amide bonds. The second-order valence-electron chi connectivity index (χ2n) is 4.80. The second kappa shape index (κ2) is 4.84. The zero-order chi connectivity index (χ0) is 15.1. The summed E-state index contributed by atoms with van der Waals surface area (Å²) in [5.74, 6) is 0.541. The van der Waals surface area contributed by atoms with Crippen molar-refractivity contribution in [1.82, 2.24) is 9.55 Å². The van der Waals surface area contributed by atoms with Crippen LogP contribution in [0.4, 0.5) is 14.3 Å². The maximum Gasteiger partial charge on any atom is 0.591 e. The highest BCUT2D eigenvalue weighted by Crippen LogP contribution is 2.37. The van der Waals surface area contributed by atoms with E-state index in [9.17, 15) is 13.7 Å². The van der Waals surface area contributed by atoms with Crippen LogP contribution in [0.5, 0.6) is 5.88 Å². The van der Waals surface area contributed by atoms with E-state index >= 15 is 0 Å². The minimum atomic E-state index is -2.68. The SMILES string of the molecule is Cc1nc(/C=C2/C(B(F)F)=Nc3ccccc32)c(O)n1C. The molecule has 0 unspecified atom stereocenters. The summed E-state index contributed by atoms with van der Waals surface area (Å²) in [5, 5.41) is 9.98. The number of aryl methyl sites for hydroxylation is 1. The van der Waals surface area contributed by atoms with Gasteiger partial charge in [-0.05, 0) is 19.1 Å². The third-order valence-corrected chi connectivity index (χ3v) is 3.51. The smallest absolute Gasteiger partial charge is 0.493 e. The summed E-state index contributed by atoms with van der Waals surface area (Å²) in [6.45, 7) is 1.73. The molecule has 0 saturated carbocycles. The van der Waals surface area contributed by atoms with Gasteiger partial charge >= 0.3 is 7.27 Å². The Morgan fingerprint density at radius 3 is 2.62 bits per heavy atom. The number of rotatable bonds is 2. The van der Waals surface area contributed by atoms with Crippen molar-refractivity contribution in [3.8, 4) is 5.88 Å². The lowest BCUT2D eigenvalue weighted by Crippen LogP contribution is -2.14. The highest BCUT2D eigenvalue weighted by atomic mass is 19.2. The number of fused-ring (bicyclic) bond motifs is 1. The number of halogens is 2. The Labute approximate surface area is 120 Å². The molecule has 0 fully saturated rings. The molecule has 106 valence electrons. The van der Waals surface area contributed by atoms with Crippen LogP contribution >= 0.6 is 0 Å². The summed E-state index contributed by atoms with van der Waals surface area (Å²) in [6.07, 6.45) is 1.46. The average Bonchev–Trinajstić information content (AvgIpc) is 2.94. The third-order valence-electron chi connectivity index (χ3n) is 3.51. The fourth-order valence-corrected chi connectivity index (χ4v) is 2.30. The predicted molar refractivity (Wildman–Crippen MR) is 79.0 cm³/mol. The van der Waals surface area contributed by atoms with Gasteiger partial charge in [-0.2, -0.15) is 0 Å². The minimum absolute atomic E-state index is 0.0574. The van der Waals surface area contributed by atoms with Gasteiger partial charge in [0.2, 0.25) is 5.88 Å². The van der Waals surface area contributed by atoms with Gasteiger partial charge in [0.15, 0.2) is 0 Å². The molecule has 0 atom stereocenters. The summed E-state index contributed by atoms with van der Waals surface area (Å²) < 4.78 is 27.9. The lowest BCUT2D eigenvalue weighted by Gasteiger charge is -2.02. The zero-order valence-corrected chi connectivity index (χ0v) is 11.5. The summed E-state index contributed by atoms with van der Waals surface area (Å²) in [5.41, 5.74) is 1.39. The number of allylic oxidation sites excluding steroid dienone is 1. The lowest BCUT2D eigenvalue weighted by atomic mass is 9.82. The lowest BCUT2D eigenvalue weighted by molar-refractivity contribution is 0.429. The van der Waals surface area contributed by atoms with E-state index < -0.39 is 7.27 Å². The van der Waals surface area contributed by atoms with Crippen molar-refractivity contribution in [2.75, 3.05) is 0 Å². The van der Waals surface area contributed by atoms with Gasteiger partial charge in [-0.15, -0.1) is 0 Å². The fraction of sp³-hybridized carbons (Fsp3) is 0.143. The molecule has 21 heavy (non-hydrogen) atoms. The molecule has 0 saturated heterocycles. The van der Waals surface area contributed by atoms with E-state index in [4.69, 9.17) is 0 Å². The zero-order valence-electron chi connectivity index (χ0n) is 11.5. The molecule has 1 aromatic carbocycles. The second-order valence-corrected chi connectivity index (χ2v) is 4.80. The predicted octanol–water partition coefficient (Wildman–Crippen LogP) is 3.03. The Balaban J connectivity index is 2.17. The van der Waals surface area contributed by atoms with E-state index in [0.29, 0.717) is 22.6 Å². The van der Waals surface area contributed by atoms with Gasteiger partial charge in [0, 0.05) is 18.2 Å². The number of aromatic hydroxyl groups is 1. The Morgan fingerprint density at radius 1 is 1.29 bits per heavy atom. The Morgan fingerprint density at radius 2 is 2.00 bits per heavy atom. The van der Waals surface area contributed by atoms with E-state index in [-0.39, 0.29) is 17.2 Å². The topological polar surface area (TPSA) is 50.4 Å². The minimum Gasteiger partial charge on any atom is -0.493 e. The first-order valence-corrected chi connectivity index (χ1v) is 6.39. The number of hydrogen-bond donors (Lipinski definition) is 1. The van der Waals surface area contributed by atoms with Gasteiger partial charge in [0.05, 0.1) is 11.3 Å². The van der Waals surface area contributed by atoms with E-state index in [1.165, 1.54) is 10.6 Å². The molecule has 2 heterocycles. The molecule has 0 bridgehead atoms. The molecule has 0 spiro atoms. The van der Waals surface area contributed by atoms with Crippen molar-refractivity contribution in [3.05, 3.63) is 41.3 Å². The van der Waals surface area contributed by atoms with Crippen molar-refractivity contribution >= 4 is 30.2 Å². The van der Waals surface area contributed by atoms with Crippen LogP contribution in [0.15, 0.2) is 29.3 Å². The molecule has 3 rings (SSSR count). The molecule has 1 N–H and O–H groups in total. The van der Waals surface area contributed by atoms with Crippen LogP contribution in [0.25, 0.3) is 11.6 Å². The summed E-state index contributed by atoms with van der Waals surface area (Å²) in [6, 6.07) is 6.92. The van der Waals surface area contributed by atoms with E-state index in [1.54, 1.807) is 38.2 Å². The molecule has 1 aliphatic heterocycles. The molecule has 1 aromatic heterocycles. The molecular formula is C14H12BF2N3O. The number of para-hydroxylation sites is 1. The number of imidazole rings is 1. The number of benzene rings is 1. The number of nitrogens with zero attached hydrogens (tertiary/aromatic N) is 3. The van der Waals surface area contributed by atoms with Gasteiger partial charge in [-0.25, -0.2) is 4.98 Å². The normalized spacial score (nSPS) is 15.2. The summed E-state index contributed by atoms with van der Waals surface area (Å²) in [7, 11) is -1.03. The van der Waals surface area contributed by atoms with E-state index in [1.807, 2.05) is 0 Å². The first-order chi connectivity index (χ1) is 9.99. The maximum absolute atomic E-state index is 13.2. The molecule has 0 aliphatic carbocycles. The highest BCUT2D eigenvalue weighted by Gasteiger charge is 2.32. The van der Waals surface area contributed by atoms with Crippen LogP contribution in [0, 0.1) is 6.92 Å². The number of hydrogen-bond acceptors (Lipinski definition) is 3. The molecule has 0 radical (unpaired) electrons. The first-order valence-electron chi connectivity index (χ1n) is 6.39. The van der Waals surface area contributed by atoms with E-state index in [0.717, 1.165) is 0 Å². The van der Waals surface area contributed by atoms with Gasteiger partial charge in [0.1, 0.15) is 11.5 Å². The Hall–Kier alpha value is -2.44. The van der Waals surface area contributed by atoms with Gasteiger partial charge in [-0.1, -0.05) is 18.2 Å².